The Hall–Kier alpha value is -2.27. The third-order valence-electron chi connectivity index (χ3n) is 5.06. The molecule has 0 spiro atoms. The molecule has 1 aliphatic heterocycles. The topological polar surface area (TPSA) is 79.9 Å². The molecule has 1 aliphatic rings. The van der Waals surface area contributed by atoms with Gasteiger partial charge in [-0.15, -0.1) is 0 Å². The van der Waals surface area contributed by atoms with Gasteiger partial charge in [0.2, 0.25) is 0 Å². The number of hydrogen-bond acceptors (Lipinski definition) is 6. The Kier molecular flexibility index (Phi) is 8.19. The molecule has 1 atom stereocenters. The number of rotatable bonds is 10. The summed E-state index contributed by atoms with van der Waals surface area (Å²) < 4.78 is 62.3. The van der Waals surface area contributed by atoms with E-state index in [4.69, 9.17) is 4.74 Å². The molecule has 0 bridgehead atoms. The Labute approximate surface area is 181 Å². The number of ether oxygens (including phenoxy) is 2. The summed E-state index contributed by atoms with van der Waals surface area (Å²) in [4.78, 5) is 2.38. The van der Waals surface area contributed by atoms with Crippen LogP contribution in [0, 0.1) is 0 Å². The van der Waals surface area contributed by atoms with Crippen molar-refractivity contribution in [3.8, 4) is 5.75 Å². The number of piperazine rings is 1. The monoisotopic (exact) mass is 455 g/mol. The number of methoxy groups -OCH3 is 1. The van der Waals surface area contributed by atoms with E-state index in [-0.39, 0.29) is 22.6 Å². The SMILES string of the molecule is COC(CCc1ccc(S(=O)(=O)Nc2cccc(OC(F)F)c2)cc1)N1CCNCC1. The van der Waals surface area contributed by atoms with Crippen LogP contribution < -0.4 is 14.8 Å². The van der Waals surface area contributed by atoms with Crippen LogP contribution in [0.5, 0.6) is 5.75 Å². The minimum absolute atomic E-state index is 0.0231. The highest BCUT2D eigenvalue weighted by Gasteiger charge is 2.20. The molecular weight excluding hydrogens is 428 g/mol. The van der Waals surface area contributed by atoms with Gasteiger partial charge in [0, 0.05) is 39.4 Å². The molecule has 1 saturated heterocycles. The van der Waals surface area contributed by atoms with Gasteiger partial charge in [-0.25, -0.2) is 8.42 Å². The molecule has 0 aromatic heterocycles. The molecule has 0 amide bonds. The Morgan fingerprint density at radius 1 is 1.13 bits per heavy atom. The molecule has 0 radical (unpaired) electrons. The van der Waals surface area contributed by atoms with E-state index >= 15 is 0 Å². The minimum atomic E-state index is -3.86. The highest BCUT2D eigenvalue weighted by Crippen LogP contribution is 2.23. The van der Waals surface area contributed by atoms with Gasteiger partial charge in [0.05, 0.1) is 10.6 Å². The third kappa shape index (κ3) is 6.86. The summed E-state index contributed by atoms with van der Waals surface area (Å²) in [6.45, 7) is 0.770. The van der Waals surface area contributed by atoms with Crippen molar-refractivity contribution in [2.24, 2.45) is 0 Å². The fraction of sp³-hybridized carbons (Fsp3) is 0.429. The molecule has 31 heavy (non-hydrogen) atoms. The van der Waals surface area contributed by atoms with E-state index in [1.807, 2.05) is 0 Å². The quantitative estimate of drug-likeness (QED) is 0.574. The first-order chi connectivity index (χ1) is 14.9. The molecular formula is C21H27F2N3O4S. The number of benzene rings is 2. The van der Waals surface area contributed by atoms with Gasteiger partial charge in [0.25, 0.3) is 10.0 Å². The lowest BCUT2D eigenvalue weighted by Gasteiger charge is -2.33. The summed E-state index contributed by atoms with van der Waals surface area (Å²) in [6.07, 6.45) is 1.58. The van der Waals surface area contributed by atoms with Crippen LogP contribution in [-0.4, -0.2) is 59.4 Å². The molecule has 2 N–H and O–H groups in total. The van der Waals surface area contributed by atoms with Crippen LogP contribution in [-0.2, 0) is 21.2 Å². The van der Waals surface area contributed by atoms with Gasteiger partial charge < -0.3 is 14.8 Å². The van der Waals surface area contributed by atoms with Crippen molar-refractivity contribution in [2.75, 3.05) is 38.0 Å². The van der Waals surface area contributed by atoms with Gasteiger partial charge >= 0.3 is 6.61 Å². The van der Waals surface area contributed by atoms with Gasteiger partial charge in [-0.2, -0.15) is 8.78 Å². The highest BCUT2D eigenvalue weighted by molar-refractivity contribution is 7.92. The summed E-state index contributed by atoms with van der Waals surface area (Å²) in [7, 11) is -2.16. The third-order valence-corrected chi connectivity index (χ3v) is 6.45. The first kappa shape index (κ1) is 23.4. The fourth-order valence-corrected chi connectivity index (χ4v) is 4.54. The zero-order valence-electron chi connectivity index (χ0n) is 17.3. The molecule has 0 saturated carbocycles. The number of sulfonamides is 1. The number of aryl methyl sites for hydroxylation is 1. The van der Waals surface area contributed by atoms with E-state index in [9.17, 15) is 17.2 Å². The largest absolute Gasteiger partial charge is 0.435 e. The predicted octanol–water partition coefficient (Wildman–Crippen LogP) is 2.90. The number of nitrogens with zero attached hydrogens (tertiary/aromatic N) is 1. The van der Waals surface area contributed by atoms with Gasteiger partial charge in [0.1, 0.15) is 12.0 Å². The van der Waals surface area contributed by atoms with Gasteiger partial charge in [-0.3, -0.25) is 9.62 Å². The summed E-state index contributed by atoms with van der Waals surface area (Å²) in [6, 6.07) is 12.0. The molecule has 2 aromatic carbocycles. The second-order valence-electron chi connectivity index (χ2n) is 7.17. The Morgan fingerprint density at radius 3 is 2.48 bits per heavy atom. The zero-order chi connectivity index (χ0) is 22.3. The average molecular weight is 456 g/mol. The summed E-state index contributed by atoms with van der Waals surface area (Å²) in [5, 5.41) is 3.32. The fourth-order valence-electron chi connectivity index (χ4n) is 3.49. The second kappa shape index (κ2) is 10.9. The maximum absolute atomic E-state index is 12.6. The number of halogens is 2. The number of alkyl halides is 2. The first-order valence-corrected chi connectivity index (χ1v) is 11.5. The van der Waals surface area contributed by atoms with Gasteiger partial charge in [-0.1, -0.05) is 18.2 Å². The molecule has 170 valence electrons. The van der Waals surface area contributed by atoms with Crippen molar-refractivity contribution < 1.29 is 26.7 Å². The molecule has 1 unspecified atom stereocenters. The van der Waals surface area contributed by atoms with Crippen molar-refractivity contribution in [3.63, 3.8) is 0 Å². The standard InChI is InChI=1S/C21H27F2N3O4S/c1-29-20(26-13-11-24-12-14-26)10-7-16-5-8-19(9-6-16)31(27,28)25-17-3-2-4-18(15-17)30-21(22)23/h2-6,8-9,15,20-21,24-25H,7,10-14H2,1H3. The first-order valence-electron chi connectivity index (χ1n) is 10.0. The molecule has 10 heteroatoms. The Bertz CT molecular complexity index is 936. The Morgan fingerprint density at radius 2 is 1.84 bits per heavy atom. The van der Waals surface area contributed by atoms with Crippen LogP contribution in [0.2, 0.25) is 0 Å². The Balaban J connectivity index is 1.60. The van der Waals surface area contributed by atoms with Crippen LogP contribution in [0.15, 0.2) is 53.4 Å². The summed E-state index contributed by atoms with van der Waals surface area (Å²) >= 11 is 0. The van der Waals surface area contributed by atoms with Crippen LogP contribution in [0.1, 0.15) is 12.0 Å². The molecule has 2 aromatic rings. The maximum atomic E-state index is 12.6. The van der Waals surface area contributed by atoms with E-state index in [1.54, 1.807) is 19.2 Å². The zero-order valence-corrected chi connectivity index (χ0v) is 18.1. The van der Waals surface area contributed by atoms with Crippen molar-refractivity contribution in [1.29, 1.82) is 0 Å². The number of anilines is 1. The van der Waals surface area contributed by atoms with Crippen LogP contribution in [0.25, 0.3) is 0 Å². The van der Waals surface area contributed by atoms with Crippen LogP contribution in [0.4, 0.5) is 14.5 Å². The van der Waals surface area contributed by atoms with Crippen LogP contribution in [0.3, 0.4) is 0 Å². The van der Waals surface area contributed by atoms with E-state index in [0.29, 0.717) is 0 Å². The average Bonchev–Trinajstić information content (AvgIpc) is 2.75. The lowest BCUT2D eigenvalue weighted by molar-refractivity contribution is -0.0498. The lowest BCUT2D eigenvalue weighted by Crippen LogP contribution is -2.49. The number of hydrogen-bond donors (Lipinski definition) is 2. The van der Waals surface area contributed by atoms with Crippen molar-refractivity contribution in [3.05, 3.63) is 54.1 Å². The van der Waals surface area contributed by atoms with E-state index < -0.39 is 16.6 Å². The summed E-state index contributed by atoms with van der Waals surface area (Å²) in [5.74, 6) is -0.122. The molecule has 3 rings (SSSR count). The highest BCUT2D eigenvalue weighted by atomic mass is 32.2. The minimum Gasteiger partial charge on any atom is -0.435 e. The van der Waals surface area contributed by atoms with Crippen molar-refractivity contribution in [1.82, 2.24) is 10.2 Å². The maximum Gasteiger partial charge on any atom is 0.387 e. The van der Waals surface area contributed by atoms with Crippen molar-refractivity contribution >= 4 is 15.7 Å². The smallest absolute Gasteiger partial charge is 0.387 e. The second-order valence-corrected chi connectivity index (χ2v) is 8.85. The lowest BCUT2D eigenvalue weighted by atomic mass is 10.1. The normalized spacial score (nSPS) is 16.3. The number of nitrogens with one attached hydrogen (secondary N) is 2. The van der Waals surface area contributed by atoms with E-state index in [0.717, 1.165) is 44.6 Å². The van der Waals surface area contributed by atoms with Crippen LogP contribution >= 0.6 is 0 Å². The van der Waals surface area contributed by atoms with Gasteiger partial charge in [-0.05, 0) is 42.7 Å². The van der Waals surface area contributed by atoms with Crippen molar-refractivity contribution in [2.45, 2.75) is 30.6 Å². The van der Waals surface area contributed by atoms with E-state index in [1.165, 1.54) is 36.4 Å². The molecule has 1 heterocycles. The molecule has 0 aliphatic carbocycles. The summed E-state index contributed by atoms with van der Waals surface area (Å²) in [5.41, 5.74) is 1.14. The molecule has 1 fully saturated rings. The van der Waals surface area contributed by atoms with E-state index in [2.05, 4.69) is 19.7 Å². The van der Waals surface area contributed by atoms with Gasteiger partial charge in [0.15, 0.2) is 0 Å². The molecule has 7 nitrogen and oxygen atoms in total. The predicted molar refractivity (Wildman–Crippen MR) is 114 cm³/mol.